The number of nitrogens with zero attached hydrogens (tertiary/aromatic N) is 2. The summed E-state index contributed by atoms with van der Waals surface area (Å²) in [5.74, 6) is -1.38. The molecule has 1 aromatic rings. The number of likely N-dealkylation sites (tertiary alicyclic amines) is 1. The highest BCUT2D eigenvalue weighted by Gasteiger charge is 2.48. The second-order valence-electron chi connectivity index (χ2n) is 6.19. The van der Waals surface area contributed by atoms with Crippen molar-refractivity contribution in [1.29, 1.82) is 0 Å². The lowest BCUT2D eigenvalue weighted by Crippen LogP contribution is -2.41. The van der Waals surface area contributed by atoms with E-state index in [1.54, 1.807) is 6.07 Å². The molecule has 24 heavy (non-hydrogen) atoms. The number of nitro groups is 1. The predicted molar refractivity (Wildman–Crippen MR) is 84.7 cm³/mol. The van der Waals surface area contributed by atoms with Gasteiger partial charge in [-0.05, 0) is 18.4 Å². The fraction of sp³-hybridized carbons (Fsp3) is 0.500. The van der Waals surface area contributed by atoms with Crippen LogP contribution in [-0.2, 0) is 9.59 Å². The van der Waals surface area contributed by atoms with Gasteiger partial charge in [0.15, 0.2) is 12.4 Å². The molecule has 1 N–H and O–H groups in total. The van der Waals surface area contributed by atoms with E-state index >= 15 is 0 Å². The van der Waals surface area contributed by atoms with Crippen LogP contribution in [0.1, 0.15) is 20.3 Å². The average molecular weight is 336 g/mol. The van der Waals surface area contributed by atoms with Crippen LogP contribution in [0, 0.1) is 21.4 Å². The van der Waals surface area contributed by atoms with Gasteiger partial charge in [-0.3, -0.25) is 19.7 Å². The van der Waals surface area contributed by atoms with Gasteiger partial charge < -0.3 is 14.7 Å². The summed E-state index contributed by atoms with van der Waals surface area (Å²) in [7, 11) is 0. The van der Waals surface area contributed by atoms with E-state index in [1.165, 1.54) is 23.1 Å². The van der Waals surface area contributed by atoms with E-state index in [0.717, 1.165) is 0 Å². The van der Waals surface area contributed by atoms with Crippen molar-refractivity contribution in [3.8, 4) is 5.75 Å². The molecule has 0 spiro atoms. The molecule has 0 aliphatic carbocycles. The van der Waals surface area contributed by atoms with Gasteiger partial charge >= 0.3 is 11.7 Å². The molecule has 1 atom stereocenters. The summed E-state index contributed by atoms with van der Waals surface area (Å²) < 4.78 is 5.28. The molecule has 1 aliphatic rings. The Morgan fingerprint density at radius 2 is 2.08 bits per heavy atom. The van der Waals surface area contributed by atoms with Crippen molar-refractivity contribution >= 4 is 17.6 Å². The molecule has 0 aromatic heterocycles. The number of nitro benzene ring substituents is 1. The maximum absolute atomic E-state index is 12.3. The minimum atomic E-state index is -0.950. The molecule has 1 unspecified atom stereocenters. The van der Waals surface area contributed by atoms with Gasteiger partial charge in [-0.25, -0.2) is 0 Å². The summed E-state index contributed by atoms with van der Waals surface area (Å²) in [4.78, 5) is 35.6. The monoisotopic (exact) mass is 336 g/mol. The Morgan fingerprint density at radius 3 is 2.62 bits per heavy atom. The molecular weight excluding hydrogens is 316 g/mol. The summed E-state index contributed by atoms with van der Waals surface area (Å²) in [5, 5.41) is 20.4. The summed E-state index contributed by atoms with van der Waals surface area (Å²) >= 11 is 0. The Bertz CT molecular complexity index is 660. The molecule has 1 aliphatic heterocycles. The van der Waals surface area contributed by atoms with Gasteiger partial charge in [-0.1, -0.05) is 26.0 Å². The summed E-state index contributed by atoms with van der Waals surface area (Å²) in [6.07, 6.45) is 0.386. The van der Waals surface area contributed by atoms with E-state index < -0.39 is 16.3 Å². The van der Waals surface area contributed by atoms with Gasteiger partial charge in [-0.15, -0.1) is 0 Å². The van der Waals surface area contributed by atoms with Crippen LogP contribution in [0.25, 0.3) is 0 Å². The lowest BCUT2D eigenvalue weighted by atomic mass is 9.76. The normalized spacial score (nSPS) is 20.2. The number of carbonyl (C=O) groups is 2. The van der Waals surface area contributed by atoms with E-state index in [0.29, 0.717) is 13.0 Å². The number of carboxylic acid groups (broad SMARTS) is 1. The number of hydrogen-bond acceptors (Lipinski definition) is 5. The standard InChI is InChI=1S/C16H20N2O6/c1-11(2)16(15(20)21)7-8-17(10-16)14(19)9-24-13-6-4-3-5-12(13)18(22)23/h3-6,11H,7-10H2,1-2H3,(H,20,21). The van der Waals surface area contributed by atoms with E-state index in [9.17, 15) is 24.8 Å². The number of aliphatic carboxylic acids is 1. The first-order valence-electron chi connectivity index (χ1n) is 7.65. The third kappa shape index (κ3) is 3.32. The number of rotatable bonds is 6. The van der Waals surface area contributed by atoms with Gasteiger partial charge in [0.25, 0.3) is 5.91 Å². The van der Waals surface area contributed by atoms with Gasteiger partial charge in [-0.2, -0.15) is 0 Å². The van der Waals surface area contributed by atoms with Crippen molar-refractivity contribution in [2.45, 2.75) is 20.3 Å². The lowest BCUT2D eigenvalue weighted by molar-refractivity contribution is -0.385. The number of carbonyl (C=O) groups excluding carboxylic acids is 1. The zero-order chi connectivity index (χ0) is 17.9. The summed E-state index contributed by atoms with van der Waals surface area (Å²) in [6.45, 7) is 3.75. The van der Waals surface area contributed by atoms with E-state index in [4.69, 9.17) is 4.74 Å². The van der Waals surface area contributed by atoms with E-state index in [-0.39, 0.29) is 36.4 Å². The second kappa shape index (κ2) is 6.86. The van der Waals surface area contributed by atoms with Crippen LogP contribution in [0.15, 0.2) is 24.3 Å². The summed E-state index contributed by atoms with van der Waals surface area (Å²) in [5.41, 5.74) is -1.16. The van der Waals surface area contributed by atoms with E-state index in [1.807, 2.05) is 13.8 Å². The molecule has 1 saturated heterocycles. The van der Waals surface area contributed by atoms with Crippen molar-refractivity contribution in [3.63, 3.8) is 0 Å². The van der Waals surface area contributed by atoms with Crippen LogP contribution in [0.5, 0.6) is 5.75 Å². The van der Waals surface area contributed by atoms with Gasteiger partial charge in [0.2, 0.25) is 0 Å². The number of para-hydroxylation sites is 2. The average Bonchev–Trinajstić information content (AvgIpc) is 2.99. The molecule has 1 fully saturated rings. The predicted octanol–water partition coefficient (Wildman–Crippen LogP) is 1.93. The Balaban J connectivity index is 2.02. The molecule has 1 aromatic carbocycles. The van der Waals surface area contributed by atoms with Crippen LogP contribution in [0.4, 0.5) is 5.69 Å². The zero-order valence-electron chi connectivity index (χ0n) is 13.6. The van der Waals surface area contributed by atoms with Crippen molar-refractivity contribution in [2.24, 2.45) is 11.3 Å². The number of hydrogen-bond donors (Lipinski definition) is 1. The topological polar surface area (TPSA) is 110 Å². The molecule has 130 valence electrons. The van der Waals surface area contributed by atoms with Gasteiger partial charge in [0, 0.05) is 19.2 Å². The second-order valence-corrected chi connectivity index (χ2v) is 6.19. The fourth-order valence-corrected chi connectivity index (χ4v) is 2.90. The Kier molecular flexibility index (Phi) is 5.06. The van der Waals surface area contributed by atoms with Crippen LogP contribution >= 0.6 is 0 Å². The number of carboxylic acids is 1. The maximum atomic E-state index is 12.3. The fourth-order valence-electron chi connectivity index (χ4n) is 2.90. The number of amides is 1. The highest BCUT2D eigenvalue weighted by molar-refractivity contribution is 5.81. The first-order valence-corrected chi connectivity index (χ1v) is 7.65. The Morgan fingerprint density at radius 1 is 1.42 bits per heavy atom. The molecule has 1 amide bonds. The minimum Gasteiger partial charge on any atom is -0.481 e. The Hall–Kier alpha value is -2.64. The van der Waals surface area contributed by atoms with Crippen molar-refractivity contribution in [2.75, 3.05) is 19.7 Å². The lowest BCUT2D eigenvalue weighted by Gasteiger charge is -2.28. The van der Waals surface area contributed by atoms with Crippen molar-refractivity contribution in [1.82, 2.24) is 4.90 Å². The highest BCUT2D eigenvalue weighted by Crippen LogP contribution is 2.38. The summed E-state index contributed by atoms with van der Waals surface area (Å²) in [6, 6.07) is 5.81. The molecule has 0 bridgehead atoms. The molecule has 1 heterocycles. The van der Waals surface area contributed by atoms with Crippen molar-refractivity contribution in [3.05, 3.63) is 34.4 Å². The van der Waals surface area contributed by atoms with Gasteiger partial charge in [0.1, 0.15) is 0 Å². The first kappa shape index (κ1) is 17.7. The number of benzene rings is 1. The zero-order valence-corrected chi connectivity index (χ0v) is 13.6. The SMILES string of the molecule is CC(C)C1(C(=O)O)CCN(C(=O)COc2ccccc2[N+](=O)[O-])C1. The largest absolute Gasteiger partial charge is 0.481 e. The van der Waals surface area contributed by atoms with Crippen LogP contribution in [0.3, 0.4) is 0 Å². The van der Waals surface area contributed by atoms with Crippen LogP contribution in [-0.4, -0.2) is 46.5 Å². The Labute approximate surface area is 139 Å². The molecule has 0 saturated carbocycles. The van der Waals surface area contributed by atoms with E-state index in [2.05, 4.69) is 0 Å². The van der Waals surface area contributed by atoms with Crippen LogP contribution < -0.4 is 4.74 Å². The van der Waals surface area contributed by atoms with Crippen molar-refractivity contribution < 1.29 is 24.4 Å². The molecule has 8 heteroatoms. The maximum Gasteiger partial charge on any atom is 0.311 e. The number of ether oxygens (including phenoxy) is 1. The first-order chi connectivity index (χ1) is 11.3. The molecule has 8 nitrogen and oxygen atoms in total. The third-order valence-electron chi connectivity index (χ3n) is 4.60. The molecule has 0 radical (unpaired) electrons. The van der Waals surface area contributed by atoms with Crippen LogP contribution in [0.2, 0.25) is 0 Å². The molecule has 2 rings (SSSR count). The smallest absolute Gasteiger partial charge is 0.311 e. The van der Waals surface area contributed by atoms with Gasteiger partial charge in [0.05, 0.1) is 10.3 Å². The minimum absolute atomic E-state index is 0.0170. The third-order valence-corrected chi connectivity index (χ3v) is 4.60. The molecular formula is C16H20N2O6. The highest BCUT2D eigenvalue weighted by atomic mass is 16.6. The quantitative estimate of drug-likeness (QED) is 0.628.